The van der Waals surface area contributed by atoms with Gasteiger partial charge < -0.3 is 5.32 Å². The molecule has 0 aliphatic rings. The molecular weight excluding hydrogens is 304 g/mol. The van der Waals surface area contributed by atoms with E-state index in [9.17, 15) is 0 Å². The Labute approximate surface area is 121 Å². The third-order valence-electron chi connectivity index (χ3n) is 2.88. The fourth-order valence-corrected chi connectivity index (χ4v) is 2.10. The molecule has 0 amide bonds. The maximum atomic E-state index is 4.60. The average molecular weight is 321 g/mol. The van der Waals surface area contributed by atoms with Gasteiger partial charge in [0.2, 0.25) is 0 Å². The Morgan fingerprint density at radius 3 is 2.58 bits per heavy atom. The predicted molar refractivity (Wildman–Crippen MR) is 81.2 cm³/mol. The molecule has 1 N–H and O–H groups in total. The molecule has 0 aliphatic carbocycles. The van der Waals surface area contributed by atoms with Crippen molar-refractivity contribution in [2.75, 3.05) is 11.9 Å². The minimum absolute atomic E-state index is 0.672. The van der Waals surface area contributed by atoms with Crippen molar-refractivity contribution in [2.24, 2.45) is 0 Å². The van der Waals surface area contributed by atoms with Crippen molar-refractivity contribution >= 4 is 21.7 Å². The second-order valence-electron chi connectivity index (χ2n) is 4.21. The zero-order chi connectivity index (χ0) is 13.8. The molecule has 0 atom stereocenters. The fourth-order valence-electron chi connectivity index (χ4n) is 1.87. The predicted octanol–water partition coefficient (Wildman–Crippen LogP) is 3.60. The van der Waals surface area contributed by atoms with E-state index in [1.807, 2.05) is 12.1 Å². The standard InChI is InChI=1S/C14H17BrN4/c1-4-11-9(3)13(16-5-2)19-14(18-11)12-7-6-10(15)8-17-12/h6-8H,4-5H2,1-3H3,(H,16,18,19). The van der Waals surface area contributed by atoms with E-state index in [-0.39, 0.29) is 0 Å². The molecule has 0 aliphatic heterocycles. The monoisotopic (exact) mass is 320 g/mol. The summed E-state index contributed by atoms with van der Waals surface area (Å²) in [7, 11) is 0. The van der Waals surface area contributed by atoms with Crippen molar-refractivity contribution in [2.45, 2.75) is 27.2 Å². The van der Waals surface area contributed by atoms with Crippen LogP contribution in [-0.4, -0.2) is 21.5 Å². The first-order valence-electron chi connectivity index (χ1n) is 6.39. The normalized spacial score (nSPS) is 10.5. The van der Waals surface area contributed by atoms with Crippen LogP contribution in [0, 0.1) is 6.92 Å². The van der Waals surface area contributed by atoms with Crippen LogP contribution in [0.1, 0.15) is 25.1 Å². The molecule has 0 fully saturated rings. The number of nitrogens with zero attached hydrogens (tertiary/aromatic N) is 3. The third-order valence-corrected chi connectivity index (χ3v) is 3.35. The first kappa shape index (κ1) is 13.9. The largest absolute Gasteiger partial charge is 0.370 e. The van der Waals surface area contributed by atoms with E-state index in [1.165, 1.54) is 0 Å². The molecule has 2 rings (SSSR count). The van der Waals surface area contributed by atoms with Gasteiger partial charge in [0.1, 0.15) is 11.5 Å². The van der Waals surface area contributed by atoms with E-state index in [0.717, 1.165) is 40.2 Å². The highest BCUT2D eigenvalue weighted by Gasteiger charge is 2.11. The van der Waals surface area contributed by atoms with Crippen molar-refractivity contribution in [3.63, 3.8) is 0 Å². The topological polar surface area (TPSA) is 50.7 Å². The van der Waals surface area contributed by atoms with Crippen LogP contribution in [0.15, 0.2) is 22.8 Å². The first-order chi connectivity index (χ1) is 9.15. The summed E-state index contributed by atoms with van der Waals surface area (Å²) in [6.45, 7) is 7.05. The molecule has 5 heteroatoms. The average Bonchev–Trinajstić information content (AvgIpc) is 2.42. The van der Waals surface area contributed by atoms with E-state index in [0.29, 0.717) is 5.82 Å². The van der Waals surface area contributed by atoms with Gasteiger partial charge in [0, 0.05) is 28.5 Å². The van der Waals surface area contributed by atoms with Crippen LogP contribution in [0.4, 0.5) is 5.82 Å². The molecule has 0 bridgehead atoms. The number of aryl methyl sites for hydroxylation is 1. The van der Waals surface area contributed by atoms with Gasteiger partial charge in [0.05, 0.1) is 0 Å². The second-order valence-corrected chi connectivity index (χ2v) is 5.13. The number of aromatic nitrogens is 3. The fraction of sp³-hybridized carbons (Fsp3) is 0.357. The Bertz CT molecular complexity index is 566. The summed E-state index contributed by atoms with van der Waals surface area (Å²) >= 11 is 3.38. The lowest BCUT2D eigenvalue weighted by Gasteiger charge is -2.12. The van der Waals surface area contributed by atoms with Gasteiger partial charge in [-0.05, 0) is 48.3 Å². The van der Waals surface area contributed by atoms with Crippen LogP contribution in [0.2, 0.25) is 0 Å². The molecule has 0 saturated carbocycles. The second kappa shape index (κ2) is 6.10. The van der Waals surface area contributed by atoms with E-state index in [4.69, 9.17) is 0 Å². The number of halogens is 1. The summed E-state index contributed by atoms with van der Waals surface area (Å²) in [6, 6.07) is 3.87. The molecule has 0 saturated heterocycles. The number of pyridine rings is 1. The van der Waals surface area contributed by atoms with E-state index in [1.54, 1.807) is 6.20 Å². The van der Waals surface area contributed by atoms with Gasteiger partial charge in [-0.3, -0.25) is 4.98 Å². The van der Waals surface area contributed by atoms with Crippen LogP contribution in [0.5, 0.6) is 0 Å². The summed E-state index contributed by atoms with van der Waals surface area (Å²) < 4.78 is 0.950. The van der Waals surface area contributed by atoms with Gasteiger partial charge in [-0.15, -0.1) is 0 Å². The van der Waals surface area contributed by atoms with Gasteiger partial charge in [-0.2, -0.15) is 0 Å². The van der Waals surface area contributed by atoms with Crippen LogP contribution < -0.4 is 5.32 Å². The minimum atomic E-state index is 0.672. The Balaban J connectivity index is 2.51. The van der Waals surface area contributed by atoms with Crippen LogP contribution in [-0.2, 0) is 6.42 Å². The van der Waals surface area contributed by atoms with Crippen molar-refractivity contribution in [3.05, 3.63) is 34.1 Å². The highest BCUT2D eigenvalue weighted by atomic mass is 79.9. The zero-order valence-electron chi connectivity index (χ0n) is 11.4. The highest BCUT2D eigenvalue weighted by Crippen LogP contribution is 2.22. The number of nitrogens with one attached hydrogen (secondary N) is 1. The van der Waals surface area contributed by atoms with Crippen molar-refractivity contribution in [1.82, 2.24) is 15.0 Å². The summed E-state index contributed by atoms with van der Waals surface area (Å²) in [5.74, 6) is 1.57. The molecule has 0 spiro atoms. The summed E-state index contributed by atoms with van der Waals surface area (Å²) in [6.07, 6.45) is 2.65. The van der Waals surface area contributed by atoms with Gasteiger partial charge in [-0.1, -0.05) is 6.92 Å². The first-order valence-corrected chi connectivity index (χ1v) is 7.18. The SMILES string of the molecule is CCNc1nc(-c2ccc(Br)cn2)nc(CC)c1C. The third kappa shape index (κ3) is 3.10. The van der Waals surface area contributed by atoms with Crippen LogP contribution in [0.25, 0.3) is 11.5 Å². The summed E-state index contributed by atoms with van der Waals surface area (Å²) in [4.78, 5) is 13.5. The van der Waals surface area contributed by atoms with E-state index < -0.39 is 0 Å². The maximum absolute atomic E-state index is 4.60. The van der Waals surface area contributed by atoms with Crippen LogP contribution >= 0.6 is 15.9 Å². The molecule has 100 valence electrons. The lowest BCUT2D eigenvalue weighted by atomic mass is 10.2. The van der Waals surface area contributed by atoms with Gasteiger partial charge >= 0.3 is 0 Å². The van der Waals surface area contributed by atoms with Crippen LogP contribution in [0.3, 0.4) is 0 Å². The van der Waals surface area contributed by atoms with Gasteiger partial charge in [0.15, 0.2) is 5.82 Å². The molecule has 4 nitrogen and oxygen atoms in total. The zero-order valence-corrected chi connectivity index (χ0v) is 13.0. The number of rotatable bonds is 4. The molecule has 2 aromatic heterocycles. The number of anilines is 1. The Kier molecular flexibility index (Phi) is 4.47. The molecule has 2 heterocycles. The Morgan fingerprint density at radius 2 is 2.00 bits per heavy atom. The van der Waals surface area contributed by atoms with Gasteiger partial charge in [0.25, 0.3) is 0 Å². The Hall–Kier alpha value is -1.49. The maximum Gasteiger partial charge on any atom is 0.180 e. The summed E-state index contributed by atoms with van der Waals surface area (Å²) in [5.41, 5.74) is 2.97. The van der Waals surface area contributed by atoms with E-state index in [2.05, 4.69) is 57.0 Å². The highest BCUT2D eigenvalue weighted by molar-refractivity contribution is 9.10. The summed E-state index contributed by atoms with van der Waals surface area (Å²) in [5, 5.41) is 3.28. The molecule has 2 aromatic rings. The lowest BCUT2D eigenvalue weighted by Crippen LogP contribution is -2.07. The van der Waals surface area contributed by atoms with Crippen molar-refractivity contribution in [1.29, 1.82) is 0 Å². The smallest absolute Gasteiger partial charge is 0.180 e. The quantitative estimate of drug-likeness (QED) is 0.935. The van der Waals surface area contributed by atoms with Crippen molar-refractivity contribution < 1.29 is 0 Å². The molecule has 19 heavy (non-hydrogen) atoms. The number of hydrogen-bond acceptors (Lipinski definition) is 4. The minimum Gasteiger partial charge on any atom is -0.370 e. The van der Waals surface area contributed by atoms with Crippen molar-refractivity contribution in [3.8, 4) is 11.5 Å². The van der Waals surface area contributed by atoms with E-state index >= 15 is 0 Å². The lowest BCUT2D eigenvalue weighted by molar-refractivity contribution is 0.964. The molecule has 0 radical (unpaired) electrons. The molecular formula is C14H17BrN4. The number of hydrogen-bond donors (Lipinski definition) is 1. The molecule has 0 unspecified atom stereocenters. The van der Waals surface area contributed by atoms with Gasteiger partial charge in [-0.25, -0.2) is 9.97 Å². The Morgan fingerprint density at radius 1 is 1.21 bits per heavy atom. The molecule has 0 aromatic carbocycles.